The van der Waals surface area contributed by atoms with Gasteiger partial charge in [0.1, 0.15) is 0 Å². The zero-order chi connectivity index (χ0) is 8.55. The zero-order valence-electron chi connectivity index (χ0n) is 6.89. The van der Waals surface area contributed by atoms with Crippen molar-refractivity contribution >= 4 is 45.6 Å². The van der Waals surface area contributed by atoms with Crippen LogP contribution >= 0.6 is 39.9 Å². The summed E-state index contributed by atoms with van der Waals surface area (Å²) >= 11 is 9.44. The van der Waals surface area contributed by atoms with Gasteiger partial charge in [-0.3, -0.25) is 0 Å². The second-order valence-corrected chi connectivity index (χ2v) is 4.25. The second kappa shape index (κ2) is 4.54. The Morgan fingerprint density at radius 2 is 2.08 bits per heavy atom. The maximum atomic E-state index is 6.06. The molecule has 0 bridgehead atoms. The lowest BCUT2D eigenvalue weighted by Gasteiger charge is -2.07. The van der Waals surface area contributed by atoms with E-state index in [9.17, 15) is 0 Å². The molecule has 1 nitrogen and oxygen atoms in total. The highest BCUT2D eigenvalue weighted by molar-refractivity contribution is 9.10. The molecule has 72 valence electrons. The van der Waals surface area contributed by atoms with Crippen LogP contribution in [0.25, 0.3) is 0 Å². The summed E-state index contributed by atoms with van der Waals surface area (Å²) in [4.78, 5) is 0. The molecular formula is C9H10BrCl2N. The van der Waals surface area contributed by atoms with Crippen molar-refractivity contribution in [2.45, 2.75) is 18.9 Å². The van der Waals surface area contributed by atoms with E-state index in [-0.39, 0.29) is 12.4 Å². The van der Waals surface area contributed by atoms with Crippen molar-refractivity contribution < 1.29 is 0 Å². The maximum absolute atomic E-state index is 6.06. The van der Waals surface area contributed by atoms with Crippen molar-refractivity contribution in [3.8, 4) is 0 Å². The van der Waals surface area contributed by atoms with Gasteiger partial charge in [-0.25, -0.2) is 0 Å². The molecule has 1 saturated carbocycles. The fraction of sp³-hybridized carbons (Fsp3) is 0.333. The Morgan fingerprint density at radius 1 is 1.38 bits per heavy atom. The van der Waals surface area contributed by atoms with Crippen LogP contribution in [0.15, 0.2) is 22.7 Å². The minimum Gasteiger partial charge on any atom is -0.381 e. The van der Waals surface area contributed by atoms with Gasteiger partial charge in [0.15, 0.2) is 0 Å². The number of rotatable bonds is 2. The number of hydrogen-bond acceptors (Lipinski definition) is 1. The molecule has 1 fully saturated rings. The molecule has 0 atom stereocenters. The Kier molecular flexibility index (Phi) is 3.89. The first-order chi connectivity index (χ1) is 5.77. The van der Waals surface area contributed by atoms with E-state index in [1.807, 2.05) is 18.2 Å². The van der Waals surface area contributed by atoms with E-state index in [4.69, 9.17) is 11.6 Å². The average Bonchev–Trinajstić information content (AvgIpc) is 2.83. The lowest BCUT2D eigenvalue weighted by atomic mass is 10.3. The predicted molar refractivity (Wildman–Crippen MR) is 63.0 cm³/mol. The SMILES string of the molecule is Cl.Clc1c(Br)cccc1NC1CC1. The standard InChI is InChI=1S/C9H9BrClN.ClH/c10-7-2-1-3-8(9(7)11)12-6-4-5-6;/h1-3,6,12H,4-5H2;1H. The van der Waals surface area contributed by atoms with Crippen LogP contribution in [0.4, 0.5) is 5.69 Å². The van der Waals surface area contributed by atoms with Crippen LogP contribution in [0.3, 0.4) is 0 Å². The van der Waals surface area contributed by atoms with Gasteiger partial charge >= 0.3 is 0 Å². The normalized spacial score (nSPS) is 14.9. The second-order valence-electron chi connectivity index (χ2n) is 3.02. The average molecular weight is 283 g/mol. The van der Waals surface area contributed by atoms with Crippen LogP contribution in [-0.2, 0) is 0 Å². The Morgan fingerprint density at radius 3 is 2.69 bits per heavy atom. The molecule has 4 heteroatoms. The van der Waals surface area contributed by atoms with Crippen LogP contribution in [0, 0.1) is 0 Å². The van der Waals surface area contributed by atoms with E-state index in [1.54, 1.807) is 0 Å². The topological polar surface area (TPSA) is 12.0 Å². The predicted octanol–water partition coefficient (Wildman–Crippen LogP) is 4.10. The molecule has 0 heterocycles. The van der Waals surface area contributed by atoms with Gasteiger partial charge in [0, 0.05) is 10.5 Å². The van der Waals surface area contributed by atoms with Gasteiger partial charge in [-0.15, -0.1) is 12.4 Å². The molecule has 0 amide bonds. The summed E-state index contributed by atoms with van der Waals surface area (Å²) < 4.78 is 0.954. The van der Waals surface area contributed by atoms with Gasteiger partial charge < -0.3 is 5.32 Å². The van der Waals surface area contributed by atoms with Gasteiger partial charge in [0.25, 0.3) is 0 Å². The van der Waals surface area contributed by atoms with Gasteiger partial charge in [-0.05, 0) is 40.9 Å². The fourth-order valence-electron chi connectivity index (χ4n) is 1.06. The van der Waals surface area contributed by atoms with Crippen molar-refractivity contribution in [2.75, 3.05) is 5.32 Å². The van der Waals surface area contributed by atoms with Gasteiger partial charge in [0.05, 0.1) is 10.7 Å². The van der Waals surface area contributed by atoms with Gasteiger partial charge in [-0.2, -0.15) is 0 Å². The molecule has 0 spiro atoms. The molecule has 0 saturated heterocycles. The van der Waals surface area contributed by atoms with Gasteiger partial charge in [-0.1, -0.05) is 17.7 Å². The van der Waals surface area contributed by atoms with E-state index in [0.29, 0.717) is 6.04 Å². The van der Waals surface area contributed by atoms with E-state index in [1.165, 1.54) is 12.8 Å². The van der Waals surface area contributed by atoms with Crippen LogP contribution in [-0.4, -0.2) is 6.04 Å². The van der Waals surface area contributed by atoms with Crippen molar-refractivity contribution in [1.29, 1.82) is 0 Å². The molecule has 13 heavy (non-hydrogen) atoms. The number of nitrogens with one attached hydrogen (secondary N) is 1. The Bertz CT molecular complexity index is 300. The summed E-state index contributed by atoms with van der Waals surface area (Å²) in [5.41, 5.74) is 1.04. The maximum Gasteiger partial charge on any atom is 0.0779 e. The van der Waals surface area contributed by atoms with Crippen molar-refractivity contribution in [3.05, 3.63) is 27.7 Å². The molecule has 1 aromatic rings. The minimum absolute atomic E-state index is 0. The van der Waals surface area contributed by atoms with Crippen LogP contribution in [0.2, 0.25) is 5.02 Å². The molecule has 1 aromatic carbocycles. The Balaban J connectivity index is 0.000000845. The molecule has 1 N–H and O–H groups in total. The third-order valence-electron chi connectivity index (χ3n) is 1.89. The number of benzene rings is 1. The van der Waals surface area contributed by atoms with Gasteiger partial charge in [0.2, 0.25) is 0 Å². The first-order valence-corrected chi connectivity index (χ1v) is 5.15. The number of halogens is 3. The molecule has 1 aliphatic carbocycles. The first-order valence-electron chi connectivity index (χ1n) is 3.98. The third kappa shape index (κ3) is 2.76. The monoisotopic (exact) mass is 281 g/mol. The lowest BCUT2D eigenvalue weighted by molar-refractivity contribution is 1.16. The fourth-order valence-corrected chi connectivity index (χ4v) is 1.61. The third-order valence-corrected chi connectivity index (χ3v) is 3.18. The summed E-state index contributed by atoms with van der Waals surface area (Å²) in [5, 5.41) is 4.14. The van der Waals surface area contributed by atoms with E-state index in [2.05, 4.69) is 21.2 Å². The molecular weight excluding hydrogens is 273 g/mol. The summed E-state index contributed by atoms with van der Waals surface area (Å²) in [5.74, 6) is 0. The Labute approximate surface area is 97.4 Å². The smallest absolute Gasteiger partial charge is 0.0779 e. The molecule has 0 unspecified atom stereocenters. The van der Waals surface area contributed by atoms with E-state index in [0.717, 1.165) is 15.2 Å². The Hall–Kier alpha value is 0.0800. The molecule has 0 aliphatic heterocycles. The summed E-state index contributed by atoms with van der Waals surface area (Å²) in [6, 6.07) is 6.59. The first kappa shape index (κ1) is 11.2. The summed E-state index contributed by atoms with van der Waals surface area (Å²) in [6.07, 6.45) is 2.53. The summed E-state index contributed by atoms with van der Waals surface area (Å²) in [6.45, 7) is 0. The number of hydrogen-bond donors (Lipinski definition) is 1. The van der Waals surface area contributed by atoms with E-state index < -0.39 is 0 Å². The number of anilines is 1. The zero-order valence-corrected chi connectivity index (χ0v) is 10.0. The van der Waals surface area contributed by atoms with E-state index >= 15 is 0 Å². The van der Waals surface area contributed by atoms with Crippen LogP contribution < -0.4 is 5.32 Å². The highest BCUT2D eigenvalue weighted by Gasteiger charge is 2.21. The molecule has 1 aliphatic rings. The molecule has 2 rings (SSSR count). The van der Waals surface area contributed by atoms with Crippen LogP contribution in [0.5, 0.6) is 0 Å². The molecule has 0 radical (unpaired) electrons. The quantitative estimate of drug-likeness (QED) is 0.861. The summed E-state index contributed by atoms with van der Waals surface area (Å²) in [7, 11) is 0. The van der Waals surface area contributed by atoms with Crippen molar-refractivity contribution in [2.24, 2.45) is 0 Å². The minimum atomic E-state index is 0. The highest BCUT2D eigenvalue weighted by atomic mass is 79.9. The van der Waals surface area contributed by atoms with Crippen LogP contribution in [0.1, 0.15) is 12.8 Å². The molecule has 0 aromatic heterocycles. The highest BCUT2D eigenvalue weighted by Crippen LogP contribution is 2.33. The largest absolute Gasteiger partial charge is 0.381 e. The lowest BCUT2D eigenvalue weighted by Crippen LogP contribution is -2.00. The van der Waals surface area contributed by atoms with Crippen molar-refractivity contribution in [1.82, 2.24) is 0 Å². The van der Waals surface area contributed by atoms with Crippen molar-refractivity contribution in [3.63, 3.8) is 0 Å².